The Balaban J connectivity index is 0.00000127. The molecule has 1 aromatic heterocycles. The Kier molecular flexibility index (Phi) is 7.47. The second-order valence-electron chi connectivity index (χ2n) is 4.61. The van der Waals surface area contributed by atoms with Gasteiger partial charge in [0.25, 0.3) is 5.91 Å². The summed E-state index contributed by atoms with van der Waals surface area (Å²) in [4.78, 5) is 19.8. The van der Waals surface area contributed by atoms with Crippen LogP contribution in [-0.4, -0.2) is 23.8 Å². The Morgan fingerprint density at radius 1 is 1.30 bits per heavy atom. The lowest BCUT2D eigenvalue weighted by Crippen LogP contribution is -2.16. The summed E-state index contributed by atoms with van der Waals surface area (Å²) >= 11 is 0. The molecule has 2 rings (SSSR count). The Morgan fingerprint density at radius 3 is 2.65 bits per heavy atom. The lowest BCUT2D eigenvalue weighted by atomic mass is 10.1. The second-order valence-corrected chi connectivity index (χ2v) is 4.61. The zero-order valence-corrected chi connectivity index (χ0v) is 14.0. The Morgan fingerprint density at radius 2 is 2.04 bits per heavy atom. The van der Waals surface area contributed by atoms with Gasteiger partial charge in [-0.15, -0.1) is 0 Å². The van der Waals surface area contributed by atoms with Gasteiger partial charge in [0.2, 0.25) is 0 Å². The first-order valence-corrected chi connectivity index (χ1v) is 7.51. The fourth-order valence-electron chi connectivity index (χ4n) is 1.90. The van der Waals surface area contributed by atoms with E-state index in [1.807, 2.05) is 39.0 Å². The van der Waals surface area contributed by atoms with E-state index in [0.29, 0.717) is 11.3 Å². The third kappa shape index (κ3) is 5.54. The fourth-order valence-corrected chi connectivity index (χ4v) is 1.90. The van der Waals surface area contributed by atoms with Crippen LogP contribution in [0.15, 0.2) is 47.7 Å². The molecule has 0 saturated carbocycles. The van der Waals surface area contributed by atoms with Gasteiger partial charge in [-0.3, -0.25) is 9.78 Å². The lowest BCUT2D eigenvalue weighted by molar-refractivity contribution is -0.117. The molecule has 0 unspecified atom stereocenters. The number of aryl methyl sites for hydroxylation is 1. The van der Waals surface area contributed by atoms with Crippen molar-refractivity contribution in [2.45, 2.75) is 27.2 Å². The van der Waals surface area contributed by atoms with E-state index in [2.05, 4.69) is 9.98 Å². The molecule has 1 heterocycles. The molecule has 0 aliphatic carbocycles. The number of carbonyl (C=O) groups excluding carboxylic acids is 1. The number of ether oxygens (including phenoxy) is 1. The average Bonchev–Trinajstić information content (AvgIpc) is 2.57. The highest BCUT2D eigenvalue weighted by atomic mass is 16.5. The summed E-state index contributed by atoms with van der Waals surface area (Å²) in [5.41, 5.74) is 8.35. The van der Waals surface area contributed by atoms with Crippen molar-refractivity contribution >= 4 is 11.7 Å². The number of amides is 1. The first-order valence-electron chi connectivity index (χ1n) is 7.51. The summed E-state index contributed by atoms with van der Waals surface area (Å²) in [7, 11) is 1.59. The van der Waals surface area contributed by atoms with Crippen LogP contribution in [0.3, 0.4) is 0 Å². The van der Waals surface area contributed by atoms with Crippen molar-refractivity contribution in [1.82, 2.24) is 4.98 Å². The maximum absolute atomic E-state index is 11.9. The van der Waals surface area contributed by atoms with Gasteiger partial charge in [0.1, 0.15) is 11.6 Å². The van der Waals surface area contributed by atoms with E-state index in [4.69, 9.17) is 10.5 Å². The summed E-state index contributed by atoms with van der Waals surface area (Å²) in [6, 6.07) is 9.06. The van der Waals surface area contributed by atoms with E-state index in [1.165, 1.54) is 0 Å². The SMILES string of the molecule is CC.COc1cc(C(N)=NC(=O)Cc2cccnc2)ccc1C. The van der Waals surface area contributed by atoms with Gasteiger partial charge in [-0.25, -0.2) is 0 Å². The third-order valence-electron chi connectivity index (χ3n) is 3.03. The third-order valence-corrected chi connectivity index (χ3v) is 3.03. The molecule has 5 nitrogen and oxygen atoms in total. The van der Waals surface area contributed by atoms with Crippen LogP contribution in [0.5, 0.6) is 5.75 Å². The van der Waals surface area contributed by atoms with E-state index >= 15 is 0 Å². The van der Waals surface area contributed by atoms with Gasteiger partial charge < -0.3 is 10.5 Å². The van der Waals surface area contributed by atoms with Crippen LogP contribution in [-0.2, 0) is 11.2 Å². The number of hydrogen-bond acceptors (Lipinski definition) is 3. The first-order chi connectivity index (χ1) is 11.1. The number of rotatable bonds is 4. The first kappa shape index (κ1) is 18.4. The van der Waals surface area contributed by atoms with Gasteiger partial charge in [0, 0.05) is 18.0 Å². The van der Waals surface area contributed by atoms with Gasteiger partial charge in [-0.2, -0.15) is 4.99 Å². The molecule has 2 aromatic rings. The topological polar surface area (TPSA) is 77.6 Å². The molecular formula is C18H23N3O2. The van der Waals surface area contributed by atoms with Crippen molar-refractivity contribution in [2.24, 2.45) is 10.7 Å². The minimum absolute atomic E-state index is 0.178. The average molecular weight is 313 g/mol. The zero-order valence-electron chi connectivity index (χ0n) is 14.0. The van der Waals surface area contributed by atoms with Crippen LogP contribution in [0.25, 0.3) is 0 Å². The fraction of sp³-hybridized carbons (Fsp3) is 0.278. The molecule has 23 heavy (non-hydrogen) atoms. The number of hydrogen-bond donors (Lipinski definition) is 1. The molecule has 0 radical (unpaired) electrons. The monoisotopic (exact) mass is 313 g/mol. The number of pyridine rings is 1. The lowest BCUT2D eigenvalue weighted by Gasteiger charge is -2.07. The van der Waals surface area contributed by atoms with E-state index < -0.39 is 0 Å². The summed E-state index contributed by atoms with van der Waals surface area (Å²) in [6.45, 7) is 5.93. The maximum Gasteiger partial charge on any atom is 0.252 e. The molecule has 122 valence electrons. The summed E-state index contributed by atoms with van der Waals surface area (Å²) in [5, 5.41) is 0. The van der Waals surface area contributed by atoms with Crippen molar-refractivity contribution in [2.75, 3.05) is 7.11 Å². The van der Waals surface area contributed by atoms with E-state index in [9.17, 15) is 4.79 Å². The smallest absolute Gasteiger partial charge is 0.252 e. The quantitative estimate of drug-likeness (QED) is 0.695. The maximum atomic E-state index is 11.9. The van der Waals surface area contributed by atoms with Crippen molar-refractivity contribution in [3.63, 3.8) is 0 Å². The van der Waals surface area contributed by atoms with Gasteiger partial charge in [0.05, 0.1) is 13.5 Å². The predicted octanol–water partition coefficient (Wildman–Crippen LogP) is 2.90. The Hall–Kier alpha value is -2.69. The van der Waals surface area contributed by atoms with Crippen molar-refractivity contribution in [1.29, 1.82) is 0 Å². The van der Waals surface area contributed by atoms with Crippen LogP contribution in [0.2, 0.25) is 0 Å². The Labute approximate surface area is 137 Å². The number of nitrogens with two attached hydrogens (primary N) is 1. The van der Waals surface area contributed by atoms with Gasteiger partial charge >= 0.3 is 0 Å². The highest BCUT2D eigenvalue weighted by molar-refractivity contribution is 6.04. The molecule has 1 amide bonds. The van der Waals surface area contributed by atoms with Crippen LogP contribution >= 0.6 is 0 Å². The highest BCUT2D eigenvalue weighted by Crippen LogP contribution is 2.18. The van der Waals surface area contributed by atoms with Crippen LogP contribution in [0.1, 0.15) is 30.5 Å². The zero-order chi connectivity index (χ0) is 17.2. The second kappa shape index (κ2) is 9.35. The number of carbonyl (C=O) groups is 1. The van der Waals surface area contributed by atoms with Crippen LogP contribution in [0.4, 0.5) is 0 Å². The Bertz CT molecular complexity index is 667. The highest BCUT2D eigenvalue weighted by Gasteiger charge is 2.07. The molecule has 5 heteroatoms. The summed E-state index contributed by atoms with van der Waals surface area (Å²) in [6.07, 6.45) is 3.47. The van der Waals surface area contributed by atoms with Crippen LogP contribution in [0, 0.1) is 6.92 Å². The van der Waals surface area contributed by atoms with Gasteiger partial charge in [0.15, 0.2) is 0 Å². The normalized spacial score (nSPS) is 10.5. The van der Waals surface area contributed by atoms with Gasteiger partial charge in [-0.1, -0.05) is 32.0 Å². The van der Waals surface area contributed by atoms with Crippen LogP contribution < -0.4 is 10.5 Å². The van der Waals surface area contributed by atoms with Crippen molar-refractivity contribution < 1.29 is 9.53 Å². The van der Waals surface area contributed by atoms with Crippen molar-refractivity contribution in [3.05, 3.63) is 59.4 Å². The number of nitrogens with zero attached hydrogens (tertiary/aromatic N) is 2. The molecule has 0 bridgehead atoms. The number of methoxy groups -OCH3 is 1. The molecule has 0 atom stereocenters. The predicted molar refractivity (Wildman–Crippen MR) is 92.8 cm³/mol. The number of amidine groups is 1. The molecular weight excluding hydrogens is 290 g/mol. The summed E-state index contributed by atoms with van der Waals surface area (Å²) < 4.78 is 5.23. The molecule has 0 fully saturated rings. The standard InChI is InChI=1S/C16H17N3O2.C2H6/c1-11-5-6-13(9-14(11)21-2)16(17)19-15(20)8-12-4-3-7-18-10-12;1-2/h3-7,9-10H,8H2,1-2H3,(H2,17,19,20);1-2H3. The van der Waals surface area contributed by atoms with Gasteiger partial charge in [-0.05, 0) is 30.2 Å². The molecule has 0 spiro atoms. The largest absolute Gasteiger partial charge is 0.496 e. The molecule has 2 N–H and O–H groups in total. The number of aromatic nitrogens is 1. The summed E-state index contributed by atoms with van der Waals surface area (Å²) in [5.74, 6) is 0.590. The minimum Gasteiger partial charge on any atom is -0.496 e. The number of benzene rings is 1. The van der Waals surface area contributed by atoms with Crippen molar-refractivity contribution in [3.8, 4) is 5.75 Å². The molecule has 0 aliphatic heterocycles. The molecule has 1 aromatic carbocycles. The minimum atomic E-state index is -0.306. The van der Waals surface area contributed by atoms with E-state index in [1.54, 1.807) is 31.6 Å². The van der Waals surface area contributed by atoms with E-state index in [0.717, 1.165) is 11.1 Å². The molecule has 0 saturated heterocycles. The molecule has 0 aliphatic rings. The number of aliphatic imine (C=N–C) groups is 1. The van der Waals surface area contributed by atoms with E-state index in [-0.39, 0.29) is 18.2 Å².